The number of ether oxygens (including phenoxy) is 1. The Labute approximate surface area is 105 Å². The molecule has 0 aliphatic carbocycles. The van der Waals surface area contributed by atoms with Gasteiger partial charge in [0, 0.05) is 12.8 Å². The van der Waals surface area contributed by atoms with Crippen molar-refractivity contribution in [2.24, 2.45) is 5.92 Å². The molecule has 1 atom stereocenters. The van der Waals surface area contributed by atoms with Crippen molar-refractivity contribution in [2.75, 3.05) is 18.5 Å². The molecule has 1 aromatic rings. The third kappa shape index (κ3) is 2.96. The van der Waals surface area contributed by atoms with Gasteiger partial charge in [-0.3, -0.25) is 4.79 Å². The molecule has 1 N–H and O–H groups in total. The maximum absolute atomic E-state index is 12.0. The quantitative estimate of drug-likeness (QED) is 0.825. The number of carbonyl (C=O) groups excluding carboxylic acids is 1. The summed E-state index contributed by atoms with van der Waals surface area (Å²) >= 11 is 5.96. The first kappa shape index (κ1) is 12.3. The number of pyridine rings is 1. The Balaban J connectivity index is 2.07. The Bertz CT molecular complexity index is 397. The molecule has 0 aromatic carbocycles. The molecular formula is C12H15ClN2O2. The molecule has 5 heteroatoms. The second-order valence-corrected chi connectivity index (χ2v) is 4.55. The number of halogens is 1. The second kappa shape index (κ2) is 5.47. The summed E-state index contributed by atoms with van der Waals surface area (Å²) in [6, 6.07) is 1.82. The van der Waals surface area contributed by atoms with Crippen LogP contribution in [0.3, 0.4) is 0 Å². The van der Waals surface area contributed by atoms with Crippen molar-refractivity contribution in [1.29, 1.82) is 0 Å². The van der Waals surface area contributed by atoms with Crippen LogP contribution in [0, 0.1) is 12.8 Å². The summed E-state index contributed by atoms with van der Waals surface area (Å²) in [6.07, 6.45) is 3.41. The topological polar surface area (TPSA) is 51.2 Å². The molecule has 0 spiro atoms. The van der Waals surface area contributed by atoms with E-state index in [2.05, 4.69) is 10.3 Å². The van der Waals surface area contributed by atoms with Gasteiger partial charge in [-0.05, 0) is 31.4 Å². The number of anilines is 1. The third-order valence-corrected chi connectivity index (χ3v) is 3.18. The Morgan fingerprint density at radius 1 is 1.65 bits per heavy atom. The van der Waals surface area contributed by atoms with E-state index in [1.54, 1.807) is 6.20 Å². The van der Waals surface area contributed by atoms with E-state index in [1.165, 1.54) is 0 Å². The van der Waals surface area contributed by atoms with Crippen LogP contribution in [0.15, 0.2) is 12.3 Å². The van der Waals surface area contributed by atoms with Crippen molar-refractivity contribution in [2.45, 2.75) is 19.8 Å². The molecule has 4 nitrogen and oxygen atoms in total. The van der Waals surface area contributed by atoms with E-state index in [1.807, 2.05) is 13.0 Å². The van der Waals surface area contributed by atoms with Gasteiger partial charge < -0.3 is 10.1 Å². The zero-order valence-electron chi connectivity index (χ0n) is 9.70. The third-order valence-electron chi connectivity index (χ3n) is 2.89. The highest BCUT2D eigenvalue weighted by Gasteiger charge is 2.22. The fraction of sp³-hybridized carbons (Fsp3) is 0.500. The Morgan fingerprint density at radius 2 is 2.47 bits per heavy atom. The lowest BCUT2D eigenvalue weighted by Crippen LogP contribution is -2.30. The molecule has 0 radical (unpaired) electrons. The summed E-state index contributed by atoms with van der Waals surface area (Å²) in [7, 11) is 0. The molecule has 1 aliphatic heterocycles. The van der Waals surface area contributed by atoms with Crippen LogP contribution in [0.2, 0.25) is 5.15 Å². The summed E-state index contributed by atoms with van der Waals surface area (Å²) in [4.78, 5) is 16.0. The van der Waals surface area contributed by atoms with Crippen molar-refractivity contribution in [3.63, 3.8) is 0 Å². The van der Waals surface area contributed by atoms with Gasteiger partial charge in [0.25, 0.3) is 0 Å². The van der Waals surface area contributed by atoms with Crippen molar-refractivity contribution >= 4 is 23.2 Å². The van der Waals surface area contributed by atoms with E-state index in [9.17, 15) is 4.79 Å². The Morgan fingerprint density at radius 3 is 3.12 bits per heavy atom. The highest BCUT2D eigenvalue weighted by molar-refractivity contribution is 6.32. The fourth-order valence-electron chi connectivity index (χ4n) is 1.85. The van der Waals surface area contributed by atoms with Crippen LogP contribution in [0.5, 0.6) is 0 Å². The first-order chi connectivity index (χ1) is 8.18. The molecule has 1 aliphatic rings. The number of aryl methyl sites for hydroxylation is 1. The summed E-state index contributed by atoms with van der Waals surface area (Å²) in [5.41, 5.74) is 1.51. The molecule has 0 bridgehead atoms. The van der Waals surface area contributed by atoms with Crippen LogP contribution in [0.25, 0.3) is 0 Å². The number of carbonyl (C=O) groups is 1. The van der Waals surface area contributed by atoms with Crippen molar-refractivity contribution in [3.8, 4) is 0 Å². The van der Waals surface area contributed by atoms with Crippen LogP contribution in [0.1, 0.15) is 18.4 Å². The normalized spacial score (nSPS) is 20.0. The van der Waals surface area contributed by atoms with Crippen molar-refractivity contribution < 1.29 is 9.53 Å². The minimum atomic E-state index is -0.0839. The van der Waals surface area contributed by atoms with Gasteiger partial charge in [-0.15, -0.1) is 0 Å². The number of nitrogens with one attached hydrogen (secondary N) is 1. The molecule has 1 amide bonds. The van der Waals surface area contributed by atoms with Crippen molar-refractivity contribution in [3.05, 3.63) is 23.0 Å². The van der Waals surface area contributed by atoms with Crippen LogP contribution in [0.4, 0.5) is 5.69 Å². The highest BCUT2D eigenvalue weighted by Crippen LogP contribution is 2.24. The summed E-state index contributed by atoms with van der Waals surface area (Å²) in [6.45, 7) is 3.12. The molecule has 92 valence electrons. The van der Waals surface area contributed by atoms with Crippen LogP contribution in [-0.2, 0) is 9.53 Å². The van der Waals surface area contributed by atoms with Gasteiger partial charge in [-0.1, -0.05) is 11.6 Å². The van der Waals surface area contributed by atoms with Gasteiger partial charge in [0.1, 0.15) is 0 Å². The molecular weight excluding hydrogens is 240 g/mol. The van der Waals surface area contributed by atoms with Crippen LogP contribution in [-0.4, -0.2) is 24.1 Å². The van der Waals surface area contributed by atoms with E-state index in [-0.39, 0.29) is 11.8 Å². The van der Waals surface area contributed by atoms with Gasteiger partial charge in [0.2, 0.25) is 5.91 Å². The van der Waals surface area contributed by atoms with Gasteiger partial charge in [-0.2, -0.15) is 0 Å². The average molecular weight is 255 g/mol. The van der Waals surface area contributed by atoms with E-state index in [4.69, 9.17) is 16.3 Å². The predicted octanol–water partition coefficient (Wildman–Crippen LogP) is 2.41. The highest BCUT2D eigenvalue weighted by atomic mass is 35.5. The molecule has 1 saturated heterocycles. The zero-order chi connectivity index (χ0) is 12.3. The summed E-state index contributed by atoms with van der Waals surface area (Å²) in [5.74, 6) is -0.123. The number of hydrogen-bond acceptors (Lipinski definition) is 3. The van der Waals surface area contributed by atoms with Crippen LogP contribution >= 0.6 is 11.6 Å². The largest absolute Gasteiger partial charge is 0.381 e. The number of aromatic nitrogens is 1. The van der Waals surface area contributed by atoms with Gasteiger partial charge in [0.15, 0.2) is 5.15 Å². The lowest BCUT2D eigenvalue weighted by molar-refractivity contribution is -0.123. The molecule has 1 unspecified atom stereocenters. The lowest BCUT2D eigenvalue weighted by atomic mass is 10.0. The lowest BCUT2D eigenvalue weighted by Gasteiger charge is -2.21. The van der Waals surface area contributed by atoms with E-state index < -0.39 is 0 Å². The number of nitrogens with zero attached hydrogens (tertiary/aromatic N) is 1. The van der Waals surface area contributed by atoms with E-state index in [0.717, 1.165) is 25.0 Å². The second-order valence-electron chi connectivity index (χ2n) is 4.20. The van der Waals surface area contributed by atoms with Gasteiger partial charge in [-0.25, -0.2) is 4.98 Å². The first-order valence-electron chi connectivity index (χ1n) is 5.68. The number of amides is 1. The van der Waals surface area contributed by atoms with E-state index in [0.29, 0.717) is 17.4 Å². The van der Waals surface area contributed by atoms with Gasteiger partial charge in [0.05, 0.1) is 18.2 Å². The molecule has 0 saturated carbocycles. The first-order valence-corrected chi connectivity index (χ1v) is 6.06. The minimum absolute atomic E-state index is 0.0392. The molecule has 1 aromatic heterocycles. The zero-order valence-corrected chi connectivity index (χ0v) is 10.5. The van der Waals surface area contributed by atoms with Gasteiger partial charge >= 0.3 is 0 Å². The standard InChI is InChI=1S/C12H15ClN2O2/c1-8-4-5-14-11(13)10(8)15-12(16)9-3-2-6-17-7-9/h4-5,9H,2-3,6-7H2,1H3,(H,15,16). The number of rotatable bonds is 2. The predicted molar refractivity (Wildman–Crippen MR) is 66.2 cm³/mol. The van der Waals surface area contributed by atoms with Crippen LogP contribution < -0.4 is 5.32 Å². The summed E-state index contributed by atoms with van der Waals surface area (Å²) in [5, 5.41) is 3.16. The molecule has 17 heavy (non-hydrogen) atoms. The average Bonchev–Trinajstić information content (AvgIpc) is 2.35. The Hall–Kier alpha value is -1.13. The van der Waals surface area contributed by atoms with E-state index >= 15 is 0 Å². The summed E-state index contributed by atoms with van der Waals surface area (Å²) < 4.78 is 5.29. The Kier molecular flexibility index (Phi) is 3.97. The number of hydrogen-bond donors (Lipinski definition) is 1. The SMILES string of the molecule is Cc1ccnc(Cl)c1NC(=O)C1CCCOC1. The molecule has 1 fully saturated rings. The maximum Gasteiger partial charge on any atom is 0.229 e. The molecule has 2 heterocycles. The smallest absolute Gasteiger partial charge is 0.229 e. The maximum atomic E-state index is 12.0. The molecule has 2 rings (SSSR count). The monoisotopic (exact) mass is 254 g/mol. The minimum Gasteiger partial charge on any atom is -0.381 e. The fourth-order valence-corrected chi connectivity index (χ4v) is 2.10. The van der Waals surface area contributed by atoms with Crippen molar-refractivity contribution in [1.82, 2.24) is 4.98 Å².